The Kier molecular flexibility index (Phi) is 2.89. The van der Waals surface area contributed by atoms with E-state index in [1.807, 2.05) is 6.07 Å². The van der Waals surface area contributed by atoms with Crippen LogP contribution in [0.15, 0.2) is 30.4 Å². The van der Waals surface area contributed by atoms with Crippen molar-refractivity contribution in [3.05, 3.63) is 41.5 Å². The van der Waals surface area contributed by atoms with Gasteiger partial charge in [0.05, 0.1) is 17.5 Å². The highest BCUT2D eigenvalue weighted by molar-refractivity contribution is 6.23. The Hall–Kier alpha value is -1.90. The quantitative estimate of drug-likeness (QED) is 0.632. The average Bonchev–Trinajstić information content (AvgIpc) is 3.39. The van der Waals surface area contributed by atoms with Crippen LogP contribution in [0.25, 0.3) is 0 Å². The molecular weight excluding hydrogens is 298 g/mol. The van der Waals surface area contributed by atoms with Gasteiger partial charge in [0.25, 0.3) is 0 Å². The number of carbonyl (C=O) groups is 2. The molecule has 5 aliphatic rings. The van der Waals surface area contributed by atoms with Crippen LogP contribution >= 0.6 is 0 Å². The number of hydrogen-bond donors (Lipinski definition) is 0. The first kappa shape index (κ1) is 14.4. The van der Waals surface area contributed by atoms with Gasteiger partial charge in [0.2, 0.25) is 11.8 Å². The maximum absolute atomic E-state index is 13.3. The molecular formula is C21H23NO2. The van der Waals surface area contributed by atoms with Gasteiger partial charge in [0.15, 0.2) is 0 Å². The molecule has 3 nitrogen and oxygen atoms in total. The molecule has 0 spiro atoms. The highest BCUT2D eigenvalue weighted by Gasteiger charge is 2.67. The Labute approximate surface area is 142 Å². The fraction of sp³-hybridized carbons (Fsp3) is 0.524. The van der Waals surface area contributed by atoms with Crippen molar-refractivity contribution in [1.82, 2.24) is 0 Å². The Morgan fingerprint density at radius 2 is 1.42 bits per heavy atom. The molecule has 2 amide bonds. The molecule has 6 atom stereocenters. The summed E-state index contributed by atoms with van der Waals surface area (Å²) in [7, 11) is 0. The summed E-state index contributed by atoms with van der Waals surface area (Å²) < 4.78 is 0. The minimum atomic E-state index is -0.106. The summed E-state index contributed by atoms with van der Waals surface area (Å²) in [6, 6.07) is 6.16. The van der Waals surface area contributed by atoms with E-state index < -0.39 is 0 Å². The number of anilines is 1. The first-order valence-electron chi connectivity index (χ1n) is 9.34. The molecule has 1 heterocycles. The van der Waals surface area contributed by atoms with Crippen molar-refractivity contribution in [3.63, 3.8) is 0 Å². The summed E-state index contributed by atoms with van der Waals surface area (Å²) >= 11 is 0. The molecule has 2 bridgehead atoms. The molecule has 24 heavy (non-hydrogen) atoms. The lowest BCUT2D eigenvalue weighted by molar-refractivity contribution is -0.124. The largest absolute Gasteiger partial charge is 0.274 e. The summed E-state index contributed by atoms with van der Waals surface area (Å²) in [5.41, 5.74) is 3.11. The fourth-order valence-corrected chi connectivity index (χ4v) is 5.68. The number of hydrogen-bond acceptors (Lipinski definition) is 2. The Morgan fingerprint density at radius 3 is 1.88 bits per heavy atom. The van der Waals surface area contributed by atoms with E-state index in [0.29, 0.717) is 23.7 Å². The minimum Gasteiger partial charge on any atom is -0.274 e. The second-order valence-corrected chi connectivity index (χ2v) is 7.80. The van der Waals surface area contributed by atoms with Crippen LogP contribution < -0.4 is 4.90 Å². The topological polar surface area (TPSA) is 37.4 Å². The van der Waals surface area contributed by atoms with Crippen LogP contribution in [0.1, 0.15) is 31.4 Å². The maximum Gasteiger partial charge on any atom is 0.238 e. The Morgan fingerprint density at radius 1 is 0.917 bits per heavy atom. The molecule has 1 aliphatic heterocycles. The third-order valence-corrected chi connectivity index (χ3v) is 6.85. The van der Waals surface area contributed by atoms with Gasteiger partial charge < -0.3 is 0 Å². The summed E-state index contributed by atoms with van der Waals surface area (Å²) in [6.07, 6.45) is 7.36. The molecule has 3 heteroatoms. The maximum atomic E-state index is 13.3. The molecule has 1 aromatic rings. The van der Waals surface area contributed by atoms with E-state index in [9.17, 15) is 9.59 Å². The Balaban J connectivity index is 1.63. The molecule has 0 aromatic heterocycles. The zero-order chi connectivity index (χ0) is 16.6. The first-order chi connectivity index (χ1) is 11.7. The minimum absolute atomic E-state index is 0.0605. The van der Waals surface area contributed by atoms with Crippen molar-refractivity contribution >= 4 is 17.5 Å². The van der Waals surface area contributed by atoms with Gasteiger partial charge in [0.1, 0.15) is 0 Å². The number of nitrogens with zero attached hydrogens (tertiary/aromatic N) is 1. The van der Waals surface area contributed by atoms with E-state index in [1.165, 1.54) is 6.42 Å². The molecule has 2 saturated carbocycles. The van der Waals surface area contributed by atoms with Crippen LogP contribution in [0.5, 0.6) is 0 Å². The molecule has 1 saturated heterocycles. The number of rotatable bonds is 3. The van der Waals surface area contributed by atoms with Crippen LogP contribution in [-0.2, 0) is 22.4 Å². The average molecular weight is 321 g/mol. The van der Waals surface area contributed by atoms with Gasteiger partial charge in [-0.05, 0) is 54.1 Å². The number of allylic oxidation sites excluding steroid dienone is 2. The van der Waals surface area contributed by atoms with Crippen LogP contribution in [-0.4, -0.2) is 11.8 Å². The summed E-state index contributed by atoms with van der Waals surface area (Å²) in [6.45, 7) is 4.19. The molecule has 4 aliphatic carbocycles. The molecule has 1 aromatic carbocycles. The van der Waals surface area contributed by atoms with Crippen molar-refractivity contribution in [2.45, 2.75) is 33.1 Å². The molecule has 0 radical (unpaired) electrons. The molecule has 124 valence electrons. The van der Waals surface area contributed by atoms with Gasteiger partial charge in [-0.15, -0.1) is 0 Å². The SMILES string of the molecule is CCc1cccc(CC)c1N1C(=O)[C@@H]2[C@H]3C=C[C@@H]([C@@H]4C[C@H]34)[C@@H]2C1=O. The zero-order valence-electron chi connectivity index (χ0n) is 14.2. The predicted molar refractivity (Wildman–Crippen MR) is 92.4 cm³/mol. The van der Waals surface area contributed by atoms with Gasteiger partial charge in [-0.1, -0.05) is 44.2 Å². The van der Waals surface area contributed by atoms with Gasteiger partial charge in [0, 0.05) is 0 Å². The molecule has 3 fully saturated rings. The molecule has 6 rings (SSSR count). The smallest absolute Gasteiger partial charge is 0.238 e. The predicted octanol–water partition coefficient (Wildman–Crippen LogP) is 3.37. The highest BCUT2D eigenvalue weighted by Crippen LogP contribution is 2.65. The lowest BCUT2D eigenvalue weighted by atomic mass is 9.63. The van der Waals surface area contributed by atoms with Gasteiger partial charge >= 0.3 is 0 Å². The second-order valence-electron chi connectivity index (χ2n) is 7.80. The van der Waals surface area contributed by atoms with E-state index in [0.717, 1.165) is 29.7 Å². The standard InChI is InChI=1S/C21H23NO2/c1-3-11-6-5-7-12(4-2)19(11)22-20(23)17-13-8-9-14(16-10-15(13)16)18(17)21(22)24/h5-9,13-18H,3-4,10H2,1-2H3/t13-,14-,15-,16+,17-,18+/m0/s1. The Bertz CT molecular complexity index is 722. The van der Waals surface area contributed by atoms with E-state index in [1.54, 1.807) is 4.90 Å². The van der Waals surface area contributed by atoms with E-state index in [-0.39, 0.29) is 23.7 Å². The van der Waals surface area contributed by atoms with Crippen molar-refractivity contribution in [2.75, 3.05) is 4.90 Å². The number of carbonyl (C=O) groups excluding carboxylic acids is 2. The van der Waals surface area contributed by atoms with Gasteiger partial charge in [-0.2, -0.15) is 0 Å². The third kappa shape index (κ3) is 1.63. The van der Waals surface area contributed by atoms with Crippen LogP contribution in [0, 0.1) is 35.5 Å². The van der Waals surface area contributed by atoms with Crippen LogP contribution in [0.2, 0.25) is 0 Å². The van der Waals surface area contributed by atoms with E-state index >= 15 is 0 Å². The van der Waals surface area contributed by atoms with Crippen LogP contribution in [0.3, 0.4) is 0 Å². The number of benzene rings is 1. The van der Waals surface area contributed by atoms with Gasteiger partial charge in [-0.25, -0.2) is 4.90 Å². The number of para-hydroxylation sites is 1. The van der Waals surface area contributed by atoms with Crippen molar-refractivity contribution in [2.24, 2.45) is 35.5 Å². The van der Waals surface area contributed by atoms with Crippen molar-refractivity contribution in [3.8, 4) is 0 Å². The van der Waals surface area contributed by atoms with Crippen molar-refractivity contribution < 1.29 is 9.59 Å². The monoisotopic (exact) mass is 321 g/mol. The fourth-order valence-electron chi connectivity index (χ4n) is 5.68. The number of amides is 2. The summed E-state index contributed by atoms with van der Waals surface area (Å²) in [4.78, 5) is 28.2. The summed E-state index contributed by atoms with van der Waals surface area (Å²) in [5, 5.41) is 0. The second kappa shape index (κ2) is 4.81. The first-order valence-corrected chi connectivity index (χ1v) is 9.34. The van der Waals surface area contributed by atoms with Crippen LogP contribution in [0.4, 0.5) is 5.69 Å². The normalized spacial score (nSPS) is 38.5. The highest BCUT2D eigenvalue weighted by atomic mass is 16.2. The number of aryl methyl sites for hydroxylation is 2. The molecule has 0 N–H and O–H groups in total. The van der Waals surface area contributed by atoms with Gasteiger partial charge in [-0.3, -0.25) is 9.59 Å². The lowest BCUT2D eigenvalue weighted by Gasteiger charge is -2.37. The number of imide groups is 1. The van der Waals surface area contributed by atoms with Crippen molar-refractivity contribution in [1.29, 1.82) is 0 Å². The van der Waals surface area contributed by atoms with E-state index in [2.05, 4.69) is 38.1 Å². The lowest BCUT2D eigenvalue weighted by Crippen LogP contribution is -2.40. The molecule has 0 unspecified atom stereocenters. The zero-order valence-corrected chi connectivity index (χ0v) is 14.2. The summed E-state index contributed by atoms with van der Waals surface area (Å²) in [5.74, 6) is 1.82. The van der Waals surface area contributed by atoms with E-state index in [4.69, 9.17) is 0 Å². The third-order valence-electron chi connectivity index (χ3n) is 6.85.